The number of rotatable bonds is 3. The van der Waals surface area contributed by atoms with Crippen molar-refractivity contribution in [1.82, 2.24) is 5.32 Å². The van der Waals surface area contributed by atoms with Gasteiger partial charge in [-0.05, 0) is 56.3 Å². The van der Waals surface area contributed by atoms with Crippen molar-refractivity contribution in [1.29, 1.82) is 0 Å². The van der Waals surface area contributed by atoms with Gasteiger partial charge in [0.1, 0.15) is 0 Å². The average molecular weight is 356 g/mol. The second kappa shape index (κ2) is 13.1. The Kier molecular flexibility index (Phi) is 12.1. The Morgan fingerprint density at radius 3 is 2.23 bits per heavy atom. The fourth-order valence-corrected chi connectivity index (χ4v) is 2.03. The summed E-state index contributed by atoms with van der Waals surface area (Å²) in [5, 5.41) is 22.6. The zero-order chi connectivity index (χ0) is 20.0. The Hall–Kier alpha value is -2.12. The first-order chi connectivity index (χ1) is 12.3. The molecule has 2 rings (SSSR count). The third-order valence-electron chi connectivity index (χ3n) is 3.05. The van der Waals surface area contributed by atoms with E-state index in [9.17, 15) is 0 Å². The molecule has 142 valence electrons. The minimum atomic E-state index is -1.40. The van der Waals surface area contributed by atoms with Gasteiger partial charge < -0.3 is 15.5 Å². The summed E-state index contributed by atoms with van der Waals surface area (Å²) in [6, 6.07) is 14.9. The zero-order valence-electron chi connectivity index (χ0n) is 16.9. The summed E-state index contributed by atoms with van der Waals surface area (Å²) in [5.74, 6) is 5.62. The fraction of sp³-hybridized carbons (Fsp3) is 0.391. The molecule has 0 fully saturated rings. The summed E-state index contributed by atoms with van der Waals surface area (Å²) in [6.07, 6.45) is 1.26. The van der Waals surface area contributed by atoms with Gasteiger partial charge in [0.15, 0.2) is 6.29 Å². The SMILES string of the molecule is CC.CC(C)(C)C#C/C=C/C(O)O.CNCc1cccc2ccccc12. The number of hydrogen-bond donors (Lipinski definition) is 3. The van der Waals surface area contributed by atoms with Crippen LogP contribution in [0.4, 0.5) is 0 Å². The van der Waals surface area contributed by atoms with Crippen molar-refractivity contribution in [3.63, 3.8) is 0 Å². The Balaban J connectivity index is 0.000000446. The molecule has 0 aliphatic carbocycles. The van der Waals surface area contributed by atoms with Crippen LogP contribution < -0.4 is 5.32 Å². The fourth-order valence-electron chi connectivity index (χ4n) is 2.03. The second-order valence-corrected chi connectivity index (χ2v) is 6.46. The number of benzene rings is 2. The zero-order valence-corrected chi connectivity index (χ0v) is 16.9. The molecule has 0 unspecified atom stereocenters. The number of aliphatic hydroxyl groups excluding tert-OH is 1. The third kappa shape index (κ3) is 10.7. The molecule has 0 heterocycles. The molecule has 3 nitrogen and oxygen atoms in total. The van der Waals surface area contributed by atoms with Crippen LogP contribution in [0, 0.1) is 17.3 Å². The van der Waals surface area contributed by atoms with Crippen LogP contribution in [-0.4, -0.2) is 23.6 Å². The molecule has 2 aromatic carbocycles. The monoisotopic (exact) mass is 355 g/mol. The van der Waals surface area contributed by atoms with Gasteiger partial charge in [0.2, 0.25) is 0 Å². The van der Waals surface area contributed by atoms with Crippen LogP contribution in [0.2, 0.25) is 0 Å². The normalized spacial score (nSPS) is 10.5. The van der Waals surface area contributed by atoms with E-state index in [2.05, 4.69) is 59.6 Å². The van der Waals surface area contributed by atoms with Crippen LogP contribution in [0.15, 0.2) is 54.6 Å². The molecule has 0 aliphatic heterocycles. The van der Waals surface area contributed by atoms with Crippen LogP contribution in [-0.2, 0) is 6.54 Å². The van der Waals surface area contributed by atoms with Gasteiger partial charge in [0.25, 0.3) is 0 Å². The molecule has 26 heavy (non-hydrogen) atoms. The van der Waals surface area contributed by atoms with Crippen LogP contribution in [0.5, 0.6) is 0 Å². The van der Waals surface area contributed by atoms with E-state index in [0.29, 0.717) is 0 Å². The minimum Gasteiger partial charge on any atom is -0.365 e. The maximum Gasteiger partial charge on any atom is 0.172 e. The molecule has 0 saturated carbocycles. The number of aliphatic hydroxyl groups is 2. The largest absolute Gasteiger partial charge is 0.365 e. The van der Waals surface area contributed by atoms with Gasteiger partial charge in [-0.15, -0.1) is 0 Å². The molecule has 0 amide bonds. The molecule has 0 bridgehead atoms. The van der Waals surface area contributed by atoms with Crippen LogP contribution in [0.1, 0.15) is 40.2 Å². The van der Waals surface area contributed by atoms with Crippen molar-refractivity contribution >= 4 is 10.8 Å². The van der Waals surface area contributed by atoms with E-state index >= 15 is 0 Å². The number of fused-ring (bicyclic) bond motifs is 1. The quantitative estimate of drug-likeness (QED) is 0.562. The first kappa shape index (κ1) is 23.9. The van der Waals surface area contributed by atoms with E-state index in [4.69, 9.17) is 10.2 Å². The van der Waals surface area contributed by atoms with Crippen LogP contribution in [0.3, 0.4) is 0 Å². The topological polar surface area (TPSA) is 52.5 Å². The van der Waals surface area contributed by atoms with Crippen molar-refractivity contribution in [3.8, 4) is 11.8 Å². The first-order valence-corrected chi connectivity index (χ1v) is 9.00. The average Bonchev–Trinajstić information content (AvgIpc) is 2.61. The predicted octanol–water partition coefficient (Wildman–Crippen LogP) is 4.49. The highest BCUT2D eigenvalue weighted by atomic mass is 16.5. The highest BCUT2D eigenvalue weighted by Crippen LogP contribution is 2.17. The van der Waals surface area contributed by atoms with Gasteiger partial charge >= 0.3 is 0 Å². The van der Waals surface area contributed by atoms with E-state index in [1.165, 1.54) is 28.5 Å². The van der Waals surface area contributed by atoms with Crippen molar-refractivity contribution < 1.29 is 10.2 Å². The highest BCUT2D eigenvalue weighted by Gasteiger charge is 2.02. The Bertz CT molecular complexity index is 711. The van der Waals surface area contributed by atoms with Gasteiger partial charge in [-0.25, -0.2) is 0 Å². The maximum atomic E-state index is 8.38. The summed E-state index contributed by atoms with van der Waals surface area (Å²) in [7, 11) is 1.97. The summed E-state index contributed by atoms with van der Waals surface area (Å²) in [6.45, 7) is 10.9. The third-order valence-corrected chi connectivity index (χ3v) is 3.05. The molecule has 0 atom stereocenters. The van der Waals surface area contributed by atoms with E-state index in [1.54, 1.807) is 0 Å². The van der Waals surface area contributed by atoms with E-state index in [0.717, 1.165) is 6.54 Å². The van der Waals surface area contributed by atoms with Crippen molar-refractivity contribution in [3.05, 3.63) is 60.2 Å². The van der Waals surface area contributed by atoms with Gasteiger partial charge in [-0.1, -0.05) is 68.2 Å². The Morgan fingerprint density at radius 2 is 1.65 bits per heavy atom. The summed E-state index contributed by atoms with van der Waals surface area (Å²) >= 11 is 0. The molecule has 0 radical (unpaired) electrons. The van der Waals surface area contributed by atoms with E-state index in [-0.39, 0.29) is 5.41 Å². The molecule has 3 heteroatoms. The van der Waals surface area contributed by atoms with Crippen molar-refractivity contribution in [2.75, 3.05) is 7.05 Å². The molecule has 0 saturated heterocycles. The summed E-state index contributed by atoms with van der Waals surface area (Å²) < 4.78 is 0. The van der Waals surface area contributed by atoms with E-state index < -0.39 is 6.29 Å². The lowest BCUT2D eigenvalue weighted by Crippen LogP contribution is -2.05. The summed E-state index contributed by atoms with van der Waals surface area (Å²) in [4.78, 5) is 0. The van der Waals surface area contributed by atoms with Crippen LogP contribution >= 0.6 is 0 Å². The molecular weight excluding hydrogens is 322 g/mol. The minimum absolute atomic E-state index is 0.0370. The van der Waals surface area contributed by atoms with E-state index in [1.807, 2.05) is 41.7 Å². The molecular formula is C23H33NO2. The molecule has 0 spiro atoms. The van der Waals surface area contributed by atoms with Gasteiger partial charge in [-0.2, -0.15) is 0 Å². The van der Waals surface area contributed by atoms with Crippen LogP contribution in [0.25, 0.3) is 10.8 Å². The lowest BCUT2D eigenvalue weighted by molar-refractivity contribution is 0.00242. The maximum absolute atomic E-state index is 8.38. The highest BCUT2D eigenvalue weighted by molar-refractivity contribution is 5.85. The summed E-state index contributed by atoms with van der Waals surface area (Å²) in [5.41, 5.74) is 1.32. The van der Waals surface area contributed by atoms with Gasteiger partial charge in [-0.3, -0.25) is 0 Å². The first-order valence-electron chi connectivity index (χ1n) is 9.00. The number of hydrogen-bond acceptors (Lipinski definition) is 3. The molecule has 0 aliphatic rings. The standard InChI is InChI=1S/C12H13N.C9H14O2.C2H6/c1-13-9-11-7-4-6-10-5-2-3-8-12(10)11;1-9(2,3)7-5-4-6-8(10)11;1-2/h2-8,13H,9H2,1H3;4,6,8,10-11H,1-3H3;1-2H3/b;6-4+;. The van der Waals surface area contributed by atoms with Crippen molar-refractivity contribution in [2.45, 2.75) is 47.5 Å². The molecule has 0 aromatic heterocycles. The molecule has 3 N–H and O–H groups in total. The second-order valence-electron chi connectivity index (χ2n) is 6.46. The lowest BCUT2D eigenvalue weighted by Gasteiger charge is -2.05. The lowest BCUT2D eigenvalue weighted by atomic mass is 9.98. The number of nitrogens with one attached hydrogen (secondary N) is 1. The predicted molar refractivity (Wildman–Crippen MR) is 113 cm³/mol. The number of allylic oxidation sites excluding steroid dienone is 1. The van der Waals surface area contributed by atoms with Crippen molar-refractivity contribution in [2.24, 2.45) is 5.41 Å². The smallest absolute Gasteiger partial charge is 0.172 e. The Labute approximate surface area is 158 Å². The van der Waals surface area contributed by atoms with Gasteiger partial charge in [0.05, 0.1) is 0 Å². The Morgan fingerprint density at radius 1 is 1.04 bits per heavy atom. The molecule has 2 aromatic rings. The van der Waals surface area contributed by atoms with Gasteiger partial charge in [0, 0.05) is 12.0 Å².